The van der Waals surface area contributed by atoms with Crippen LogP contribution in [0.3, 0.4) is 0 Å². The van der Waals surface area contributed by atoms with Gasteiger partial charge in [0.15, 0.2) is 5.82 Å². The van der Waals surface area contributed by atoms with Gasteiger partial charge in [0.2, 0.25) is 5.89 Å². The molecule has 3 atom stereocenters. The largest absolute Gasteiger partial charge is 0.381 e. The lowest BCUT2D eigenvalue weighted by molar-refractivity contribution is 0.0590. The van der Waals surface area contributed by atoms with Crippen LogP contribution < -0.4 is 5.73 Å². The van der Waals surface area contributed by atoms with Crippen molar-refractivity contribution < 1.29 is 9.26 Å². The monoisotopic (exact) mass is 295 g/mol. The first-order valence-corrected chi connectivity index (χ1v) is 7.68. The minimum Gasteiger partial charge on any atom is -0.381 e. The molecule has 0 radical (unpaired) electrons. The molecule has 2 N–H and O–H groups in total. The van der Waals surface area contributed by atoms with Crippen molar-refractivity contribution in [2.24, 2.45) is 5.73 Å². The van der Waals surface area contributed by atoms with Gasteiger partial charge in [0.05, 0.1) is 12.5 Å². The molecule has 7 nitrogen and oxygen atoms in total. The molecule has 2 aliphatic heterocycles. The topological polar surface area (TPSA) is 80.7 Å². The minimum atomic E-state index is 0.0340. The van der Waals surface area contributed by atoms with Crippen molar-refractivity contribution >= 4 is 0 Å². The number of piperazine rings is 1. The van der Waals surface area contributed by atoms with E-state index in [2.05, 4.69) is 34.0 Å². The molecule has 2 fully saturated rings. The highest BCUT2D eigenvalue weighted by atomic mass is 16.5. The Morgan fingerprint density at radius 2 is 2.19 bits per heavy atom. The van der Waals surface area contributed by atoms with E-state index in [0.29, 0.717) is 18.5 Å². The third-order valence-corrected chi connectivity index (χ3v) is 4.61. The van der Waals surface area contributed by atoms with Gasteiger partial charge in [-0.05, 0) is 20.5 Å². The predicted octanol–water partition coefficient (Wildman–Crippen LogP) is -0.311. The summed E-state index contributed by atoms with van der Waals surface area (Å²) in [4.78, 5) is 9.27. The van der Waals surface area contributed by atoms with Gasteiger partial charge in [0.1, 0.15) is 0 Å². The Labute approximate surface area is 125 Å². The maximum absolute atomic E-state index is 6.12. The van der Waals surface area contributed by atoms with Crippen LogP contribution in [-0.2, 0) is 11.2 Å². The van der Waals surface area contributed by atoms with Crippen LogP contribution in [0.15, 0.2) is 4.52 Å². The number of hydrogen-bond acceptors (Lipinski definition) is 7. The van der Waals surface area contributed by atoms with Crippen LogP contribution in [-0.4, -0.2) is 79.0 Å². The Morgan fingerprint density at radius 1 is 1.33 bits per heavy atom. The fourth-order valence-corrected chi connectivity index (χ4v) is 3.04. The van der Waals surface area contributed by atoms with Crippen LogP contribution >= 0.6 is 0 Å². The summed E-state index contributed by atoms with van der Waals surface area (Å²) in [6.45, 7) is 4.52. The normalized spacial score (nSPS) is 32.4. The molecule has 3 unspecified atom stereocenters. The minimum absolute atomic E-state index is 0.0340. The summed E-state index contributed by atoms with van der Waals surface area (Å²) in [6, 6.07) is 0.487. The van der Waals surface area contributed by atoms with Gasteiger partial charge in [-0.3, -0.25) is 0 Å². The Morgan fingerprint density at radius 3 is 3.00 bits per heavy atom. The molecule has 21 heavy (non-hydrogen) atoms. The lowest BCUT2D eigenvalue weighted by Crippen LogP contribution is -2.50. The van der Waals surface area contributed by atoms with Crippen LogP contribution in [0.1, 0.15) is 24.1 Å². The van der Waals surface area contributed by atoms with Crippen LogP contribution in [0, 0.1) is 0 Å². The summed E-state index contributed by atoms with van der Waals surface area (Å²) >= 11 is 0. The fraction of sp³-hybridized carbons (Fsp3) is 0.857. The highest BCUT2D eigenvalue weighted by molar-refractivity contribution is 5.01. The second-order valence-electron chi connectivity index (χ2n) is 6.28. The van der Waals surface area contributed by atoms with Crippen LogP contribution in [0.4, 0.5) is 0 Å². The van der Waals surface area contributed by atoms with Crippen molar-refractivity contribution in [1.29, 1.82) is 0 Å². The Kier molecular flexibility index (Phi) is 4.54. The molecular formula is C14H25N5O2. The van der Waals surface area contributed by atoms with Gasteiger partial charge in [-0.1, -0.05) is 5.16 Å². The molecule has 0 spiro atoms. The average Bonchev–Trinajstić information content (AvgIpc) is 2.92. The molecule has 0 bridgehead atoms. The maximum Gasteiger partial charge on any atom is 0.233 e. The summed E-state index contributed by atoms with van der Waals surface area (Å²) in [5, 5.41) is 4.14. The second kappa shape index (κ2) is 6.39. The molecule has 0 amide bonds. The van der Waals surface area contributed by atoms with Crippen LogP contribution in [0.2, 0.25) is 0 Å². The summed E-state index contributed by atoms with van der Waals surface area (Å²) in [7, 11) is 4.31. The van der Waals surface area contributed by atoms with Gasteiger partial charge < -0.3 is 24.8 Å². The third kappa shape index (κ3) is 3.42. The number of nitrogens with zero attached hydrogens (tertiary/aromatic N) is 4. The molecule has 1 aromatic heterocycles. The maximum atomic E-state index is 6.12. The van der Waals surface area contributed by atoms with E-state index < -0.39 is 0 Å². The molecule has 0 saturated carbocycles. The standard InChI is InChI=1S/C14H25N5O2/c1-18-4-5-19(2)10(8-18)7-13-16-14(21-17-13)11-9-20-6-3-12(11)15/h10-12H,3-9,15H2,1-2H3. The van der Waals surface area contributed by atoms with Crippen molar-refractivity contribution in [3.05, 3.63) is 11.7 Å². The van der Waals surface area contributed by atoms with Gasteiger partial charge in [-0.15, -0.1) is 0 Å². The van der Waals surface area contributed by atoms with E-state index in [1.165, 1.54) is 0 Å². The van der Waals surface area contributed by atoms with Crippen LogP contribution in [0.5, 0.6) is 0 Å². The van der Waals surface area contributed by atoms with E-state index in [-0.39, 0.29) is 12.0 Å². The predicted molar refractivity (Wildman–Crippen MR) is 78.1 cm³/mol. The van der Waals surface area contributed by atoms with E-state index >= 15 is 0 Å². The highest BCUT2D eigenvalue weighted by Gasteiger charge is 2.30. The summed E-state index contributed by atoms with van der Waals surface area (Å²) in [5.41, 5.74) is 6.12. The second-order valence-corrected chi connectivity index (χ2v) is 6.28. The molecular weight excluding hydrogens is 270 g/mol. The van der Waals surface area contributed by atoms with E-state index in [1.54, 1.807) is 0 Å². The molecule has 0 aliphatic carbocycles. The number of aromatic nitrogens is 2. The van der Waals surface area contributed by atoms with Gasteiger partial charge in [0.25, 0.3) is 0 Å². The van der Waals surface area contributed by atoms with Gasteiger partial charge in [-0.25, -0.2) is 0 Å². The molecule has 2 aliphatic rings. The number of rotatable bonds is 3. The Balaban J connectivity index is 1.64. The molecule has 7 heteroatoms. The molecule has 3 heterocycles. The molecule has 0 aromatic carbocycles. The van der Waals surface area contributed by atoms with Gasteiger partial charge in [0, 0.05) is 44.7 Å². The van der Waals surface area contributed by atoms with E-state index in [9.17, 15) is 0 Å². The first-order chi connectivity index (χ1) is 10.1. The van der Waals surface area contributed by atoms with Gasteiger partial charge in [-0.2, -0.15) is 4.98 Å². The zero-order valence-corrected chi connectivity index (χ0v) is 12.9. The molecule has 118 valence electrons. The van der Waals surface area contributed by atoms with Gasteiger partial charge >= 0.3 is 0 Å². The Hall–Kier alpha value is -1.02. The molecule has 3 rings (SSSR count). The van der Waals surface area contributed by atoms with E-state index in [4.69, 9.17) is 15.0 Å². The first-order valence-electron chi connectivity index (χ1n) is 7.68. The van der Waals surface area contributed by atoms with Crippen molar-refractivity contribution in [3.8, 4) is 0 Å². The molecule has 2 saturated heterocycles. The van der Waals surface area contributed by atoms with Crippen molar-refractivity contribution in [2.75, 3.05) is 46.9 Å². The van der Waals surface area contributed by atoms with E-state index in [1.807, 2.05) is 0 Å². The van der Waals surface area contributed by atoms with Crippen molar-refractivity contribution in [3.63, 3.8) is 0 Å². The Bertz CT molecular complexity index is 466. The summed E-state index contributed by atoms with van der Waals surface area (Å²) < 4.78 is 10.9. The summed E-state index contributed by atoms with van der Waals surface area (Å²) in [6.07, 6.45) is 1.66. The lowest BCUT2D eigenvalue weighted by Gasteiger charge is -2.37. The third-order valence-electron chi connectivity index (χ3n) is 4.61. The zero-order chi connectivity index (χ0) is 14.8. The lowest BCUT2D eigenvalue weighted by atomic mass is 9.97. The summed E-state index contributed by atoms with van der Waals surface area (Å²) in [5.74, 6) is 1.44. The highest BCUT2D eigenvalue weighted by Crippen LogP contribution is 2.23. The molecule has 1 aromatic rings. The smallest absolute Gasteiger partial charge is 0.233 e. The number of nitrogens with two attached hydrogens (primary N) is 1. The van der Waals surface area contributed by atoms with Crippen LogP contribution in [0.25, 0.3) is 0 Å². The van der Waals surface area contributed by atoms with Crippen molar-refractivity contribution in [1.82, 2.24) is 19.9 Å². The number of hydrogen-bond donors (Lipinski definition) is 1. The first kappa shape index (κ1) is 14.9. The number of likely N-dealkylation sites (N-methyl/N-ethyl adjacent to an activating group) is 2. The number of ether oxygens (including phenoxy) is 1. The quantitative estimate of drug-likeness (QED) is 0.819. The zero-order valence-electron chi connectivity index (χ0n) is 12.9. The van der Waals surface area contributed by atoms with Crippen molar-refractivity contribution in [2.45, 2.75) is 30.8 Å². The van der Waals surface area contributed by atoms with E-state index in [0.717, 1.165) is 44.9 Å². The fourth-order valence-electron chi connectivity index (χ4n) is 3.04. The average molecular weight is 295 g/mol. The SMILES string of the molecule is CN1CCN(C)C(Cc2noc(C3COCCC3N)n2)C1.